The van der Waals surface area contributed by atoms with Crippen LogP contribution < -0.4 is 4.57 Å². The first-order chi connectivity index (χ1) is 10.6. The van der Waals surface area contributed by atoms with Crippen molar-refractivity contribution in [2.75, 3.05) is 0 Å². The van der Waals surface area contributed by atoms with Gasteiger partial charge >= 0.3 is 0 Å². The highest BCUT2D eigenvalue weighted by Gasteiger charge is 2.17. The Morgan fingerprint density at radius 2 is 1.41 bits per heavy atom. The molecule has 0 bridgehead atoms. The zero-order valence-corrected chi connectivity index (χ0v) is 13.5. The average molecular weight is 288 g/mol. The van der Waals surface area contributed by atoms with E-state index < -0.39 is 0 Å². The third kappa shape index (κ3) is 2.94. The Hall–Kier alpha value is -2.41. The second-order valence-electron chi connectivity index (χ2n) is 5.97. The van der Waals surface area contributed by atoms with Crippen LogP contribution in [0.1, 0.15) is 22.3 Å². The summed E-state index contributed by atoms with van der Waals surface area (Å²) in [7, 11) is 0. The standard InChI is InChI=1S/C21H22N/c1-16-13-17(2)21(18(3)14-16)20-11-7-8-12-22(20)15-19-9-5-4-6-10-19/h4-14H,15H2,1-3H3/q+1. The lowest BCUT2D eigenvalue weighted by atomic mass is 9.96. The molecule has 0 atom stereocenters. The first kappa shape index (κ1) is 14.5. The number of rotatable bonds is 3. The molecule has 0 radical (unpaired) electrons. The minimum Gasteiger partial charge on any atom is -0.194 e. The molecule has 2 aromatic carbocycles. The Morgan fingerprint density at radius 3 is 2.09 bits per heavy atom. The molecular weight excluding hydrogens is 266 g/mol. The van der Waals surface area contributed by atoms with Gasteiger partial charge in [0.05, 0.1) is 5.56 Å². The smallest absolute Gasteiger partial charge is 0.194 e. The summed E-state index contributed by atoms with van der Waals surface area (Å²) in [6.07, 6.45) is 2.17. The van der Waals surface area contributed by atoms with Crippen molar-refractivity contribution in [3.05, 3.63) is 89.1 Å². The van der Waals surface area contributed by atoms with E-state index in [-0.39, 0.29) is 0 Å². The molecule has 0 saturated carbocycles. The van der Waals surface area contributed by atoms with Crippen molar-refractivity contribution in [1.29, 1.82) is 0 Å². The molecule has 1 heteroatoms. The summed E-state index contributed by atoms with van der Waals surface area (Å²) in [6.45, 7) is 7.46. The number of aromatic nitrogens is 1. The highest BCUT2D eigenvalue weighted by molar-refractivity contribution is 5.66. The van der Waals surface area contributed by atoms with Crippen LogP contribution in [0.4, 0.5) is 0 Å². The lowest BCUT2D eigenvalue weighted by molar-refractivity contribution is -0.677. The predicted octanol–water partition coefficient (Wildman–Crippen LogP) is 4.61. The average Bonchev–Trinajstić information content (AvgIpc) is 2.49. The molecule has 0 aliphatic heterocycles. The molecule has 110 valence electrons. The summed E-state index contributed by atoms with van der Waals surface area (Å²) < 4.78 is 2.33. The van der Waals surface area contributed by atoms with Crippen molar-refractivity contribution in [3.8, 4) is 11.3 Å². The van der Waals surface area contributed by atoms with Crippen molar-refractivity contribution in [1.82, 2.24) is 0 Å². The van der Waals surface area contributed by atoms with E-state index in [0.717, 1.165) is 6.54 Å². The fourth-order valence-corrected chi connectivity index (χ4v) is 3.21. The molecule has 0 saturated heterocycles. The van der Waals surface area contributed by atoms with E-state index in [1.807, 2.05) is 0 Å². The van der Waals surface area contributed by atoms with Gasteiger partial charge < -0.3 is 0 Å². The molecule has 1 heterocycles. The van der Waals surface area contributed by atoms with Crippen LogP contribution in [0.15, 0.2) is 66.9 Å². The van der Waals surface area contributed by atoms with Gasteiger partial charge in [-0.15, -0.1) is 0 Å². The molecule has 0 unspecified atom stereocenters. The van der Waals surface area contributed by atoms with Gasteiger partial charge in [0.1, 0.15) is 0 Å². The minimum atomic E-state index is 0.893. The van der Waals surface area contributed by atoms with Crippen LogP contribution in [0.3, 0.4) is 0 Å². The van der Waals surface area contributed by atoms with E-state index in [9.17, 15) is 0 Å². The maximum absolute atomic E-state index is 2.33. The van der Waals surface area contributed by atoms with Gasteiger partial charge in [0, 0.05) is 17.7 Å². The molecule has 0 aliphatic carbocycles. The second kappa shape index (κ2) is 6.15. The lowest BCUT2D eigenvalue weighted by Crippen LogP contribution is -2.36. The van der Waals surface area contributed by atoms with Crippen LogP contribution >= 0.6 is 0 Å². The van der Waals surface area contributed by atoms with E-state index in [0.29, 0.717) is 0 Å². The third-order valence-electron chi connectivity index (χ3n) is 4.07. The van der Waals surface area contributed by atoms with Gasteiger partial charge in [-0.3, -0.25) is 0 Å². The topological polar surface area (TPSA) is 3.88 Å². The molecule has 22 heavy (non-hydrogen) atoms. The van der Waals surface area contributed by atoms with E-state index in [2.05, 4.69) is 92.2 Å². The summed E-state index contributed by atoms with van der Waals surface area (Å²) in [5.74, 6) is 0. The normalized spacial score (nSPS) is 10.7. The maximum atomic E-state index is 2.33. The Balaban J connectivity index is 2.09. The largest absolute Gasteiger partial charge is 0.213 e. The van der Waals surface area contributed by atoms with E-state index in [4.69, 9.17) is 0 Å². The highest BCUT2D eigenvalue weighted by atomic mass is 15.0. The summed E-state index contributed by atoms with van der Waals surface area (Å²) in [6, 6.07) is 21.6. The zero-order valence-electron chi connectivity index (χ0n) is 13.5. The molecular formula is C21H22N+. The number of benzene rings is 2. The van der Waals surface area contributed by atoms with Crippen molar-refractivity contribution in [2.45, 2.75) is 27.3 Å². The van der Waals surface area contributed by atoms with Crippen LogP contribution in [0.5, 0.6) is 0 Å². The molecule has 1 aromatic heterocycles. The Bertz CT molecular complexity index is 765. The summed E-state index contributed by atoms with van der Waals surface area (Å²) in [5, 5.41) is 0. The van der Waals surface area contributed by atoms with Gasteiger partial charge in [-0.2, -0.15) is 4.57 Å². The first-order valence-corrected chi connectivity index (χ1v) is 7.76. The minimum absolute atomic E-state index is 0.893. The van der Waals surface area contributed by atoms with E-state index in [1.54, 1.807) is 0 Å². The predicted molar refractivity (Wildman–Crippen MR) is 91.8 cm³/mol. The van der Waals surface area contributed by atoms with E-state index in [1.165, 1.54) is 33.5 Å². The monoisotopic (exact) mass is 288 g/mol. The molecule has 1 nitrogen and oxygen atoms in total. The number of hydrogen-bond acceptors (Lipinski definition) is 0. The fourth-order valence-electron chi connectivity index (χ4n) is 3.21. The van der Waals surface area contributed by atoms with Crippen molar-refractivity contribution in [3.63, 3.8) is 0 Å². The summed E-state index contributed by atoms with van der Waals surface area (Å²) in [5.41, 5.74) is 7.95. The SMILES string of the molecule is Cc1cc(C)c(-c2cccc[n+]2Cc2ccccc2)c(C)c1. The van der Waals surface area contributed by atoms with Gasteiger partial charge in [-0.05, 0) is 38.0 Å². The second-order valence-corrected chi connectivity index (χ2v) is 5.97. The Kier molecular flexibility index (Phi) is 4.06. The summed E-state index contributed by atoms with van der Waals surface area (Å²) >= 11 is 0. The van der Waals surface area contributed by atoms with Crippen LogP contribution in [-0.2, 0) is 6.54 Å². The van der Waals surface area contributed by atoms with Crippen LogP contribution in [0.25, 0.3) is 11.3 Å². The Labute approximate surface area is 132 Å². The molecule has 0 spiro atoms. The van der Waals surface area contributed by atoms with Crippen molar-refractivity contribution < 1.29 is 4.57 Å². The third-order valence-corrected chi connectivity index (χ3v) is 4.07. The fraction of sp³-hybridized carbons (Fsp3) is 0.190. The molecule has 0 fully saturated rings. The van der Waals surface area contributed by atoms with Crippen molar-refractivity contribution >= 4 is 0 Å². The Morgan fingerprint density at radius 1 is 0.773 bits per heavy atom. The van der Waals surface area contributed by atoms with Crippen molar-refractivity contribution in [2.24, 2.45) is 0 Å². The number of pyridine rings is 1. The molecule has 3 aromatic rings. The van der Waals surface area contributed by atoms with E-state index >= 15 is 0 Å². The molecule has 0 N–H and O–H groups in total. The van der Waals surface area contributed by atoms with Gasteiger partial charge in [0.2, 0.25) is 5.69 Å². The van der Waals surface area contributed by atoms with Gasteiger partial charge in [0.15, 0.2) is 12.7 Å². The molecule has 0 amide bonds. The molecule has 3 rings (SSSR count). The zero-order chi connectivity index (χ0) is 15.5. The van der Waals surface area contributed by atoms with Crippen LogP contribution in [0.2, 0.25) is 0 Å². The number of nitrogens with zero attached hydrogens (tertiary/aromatic N) is 1. The molecule has 0 aliphatic rings. The van der Waals surface area contributed by atoms with Gasteiger partial charge in [0.25, 0.3) is 0 Å². The quantitative estimate of drug-likeness (QED) is 0.619. The summed E-state index contributed by atoms with van der Waals surface area (Å²) in [4.78, 5) is 0. The first-order valence-electron chi connectivity index (χ1n) is 7.76. The van der Waals surface area contributed by atoms with Crippen LogP contribution in [-0.4, -0.2) is 0 Å². The van der Waals surface area contributed by atoms with Gasteiger partial charge in [-0.25, -0.2) is 0 Å². The number of aryl methyl sites for hydroxylation is 3. The van der Waals surface area contributed by atoms with Crippen LogP contribution in [0, 0.1) is 20.8 Å². The highest BCUT2D eigenvalue weighted by Crippen LogP contribution is 2.26. The number of hydrogen-bond donors (Lipinski definition) is 0. The lowest BCUT2D eigenvalue weighted by Gasteiger charge is -2.11. The maximum Gasteiger partial charge on any atom is 0.213 e. The van der Waals surface area contributed by atoms with Gasteiger partial charge in [-0.1, -0.05) is 48.0 Å².